The topological polar surface area (TPSA) is 55.2 Å². The van der Waals surface area contributed by atoms with Gasteiger partial charge in [-0.05, 0) is 31.5 Å². The molecule has 0 bridgehead atoms. The summed E-state index contributed by atoms with van der Waals surface area (Å²) in [6, 6.07) is 11.0. The lowest BCUT2D eigenvalue weighted by Crippen LogP contribution is -2.00. The van der Waals surface area contributed by atoms with Gasteiger partial charge in [-0.15, -0.1) is 0 Å². The van der Waals surface area contributed by atoms with E-state index in [0.717, 1.165) is 11.3 Å². The third-order valence-electron chi connectivity index (χ3n) is 2.92. The number of nitrogens with one attached hydrogen (secondary N) is 1. The van der Waals surface area contributed by atoms with Crippen LogP contribution in [0.5, 0.6) is 0 Å². The Bertz CT molecular complexity index is 636. The number of nitro benzene ring substituents is 1. The van der Waals surface area contributed by atoms with Crippen molar-refractivity contribution in [3.63, 3.8) is 0 Å². The second kappa shape index (κ2) is 5.92. The Labute approximate surface area is 122 Å². The van der Waals surface area contributed by atoms with Crippen LogP contribution in [0.2, 0.25) is 5.02 Å². The average Bonchev–Trinajstić information content (AvgIpc) is 2.35. The number of hydrogen-bond acceptors (Lipinski definition) is 3. The number of hydrogen-bond donors (Lipinski definition) is 1. The molecule has 0 saturated carbocycles. The first-order valence-corrected chi connectivity index (χ1v) is 6.58. The van der Waals surface area contributed by atoms with Crippen LogP contribution in [-0.2, 0) is 6.54 Å². The van der Waals surface area contributed by atoms with Crippen LogP contribution in [-0.4, -0.2) is 4.92 Å². The summed E-state index contributed by atoms with van der Waals surface area (Å²) in [7, 11) is 0. The third kappa shape index (κ3) is 3.48. The quantitative estimate of drug-likeness (QED) is 0.667. The molecule has 0 radical (unpaired) electrons. The highest BCUT2D eigenvalue weighted by Gasteiger charge is 2.11. The van der Waals surface area contributed by atoms with E-state index in [1.807, 2.05) is 0 Å². The van der Waals surface area contributed by atoms with Crippen LogP contribution in [0.4, 0.5) is 11.4 Å². The van der Waals surface area contributed by atoms with E-state index in [-0.39, 0.29) is 10.7 Å². The van der Waals surface area contributed by atoms with Gasteiger partial charge in [-0.3, -0.25) is 10.1 Å². The second-order valence-electron chi connectivity index (χ2n) is 4.77. The zero-order chi connectivity index (χ0) is 14.7. The van der Waals surface area contributed by atoms with Crippen molar-refractivity contribution in [2.45, 2.75) is 20.4 Å². The number of aryl methyl sites for hydroxylation is 2. The molecule has 0 aromatic heterocycles. The van der Waals surface area contributed by atoms with Gasteiger partial charge in [-0.25, -0.2) is 0 Å². The van der Waals surface area contributed by atoms with Crippen LogP contribution in [0.3, 0.4) is 0 Å². The first-order valence-electron chi connectivity index (χ1n) is 6.20. The van der Waals surface area contributed by atoms with Crippen molar-refractivity contribution in [2.24, 2.45) is 0 Å². The summed E-state index contributed by atoms with van der Waals surface area (Å²) in [5, 5.41) is 14.0. The van der Waals surface area contributed by atoms with Crippen LogP contribution in [0, 0.1) is 24.0 Å². The van der Waals surface area contributed by atoms with Gasteiger partial charge in [0.05, 0.1) is 4.92 Å². The van der Waals surface area contributed by atoms with Gasteiger partial charge in [0.1, 0.15) is 5.02 Å². The fraction of sp³-hybridized carbons (Fsp3) is 0.200. The maximum Gasteiger partial charge on any atom is 0.288 e. The maximum absolute atomic E-state index is 10.7. The summed E-state index contributed by atoms with van der Waals surface area (Å²) in [5.74, 6) is 0. The predicted molar refractivity (Wildman–Crippen MR) is 81.3 cm³/mol. The molecule has 0 spiro atoms. The molecule has 0 amide bonds. The molecule has 104 valence electrons. The maximum atomic E-state index is 10.7. The molecule has 20 heavy (non-hydrogen) atoms. The van der Waals surface area contributed by atoms with E-state index >= 15 is 0 Å². The van der Waals surface area contributed by atoms with Crippen LogP contribution in [0.1, 0.15) is 16.7 Å². The highest BCUT2D eigenvalue weighted by molar-refractivity contribution is 6.32. The smallest absolute Gasteiger partial charge is 0.288 e. The lowest BCUT2D eigenvalue weighted by Gasteiger charge is -2.09. The van der Waals surface area contributed by atoms with E-state index in [4.69, 9.17) is 11.6 Å². The van der Waals surface area contributed by atoms with E-state index in [1.165, 1.54) is 17.2 Å². The SMILES string of the molecule is Cc1cc(C)cc(CNc2ccc([N+](=O)[O-])c(Cl)c2)c1. The summed E-state index contributed by atoms with van der Waals surface area (Å²) in [4.78, 5) is 10.2. The molecule has 0 aliphatic carbocycles. The molecular weight excluding hydrogens is 276 g/mol. The zero-order valence-corrected chi connectivity index (χ0v) is 12.1. The molecule has 0 heterocycles. The van der Waals surface area contributed by atoms with Crippen molar-refractivity contribution in [3.05, 3.63) is 68.2 Å². The van der Waals surface area contributed by atoms with E-state index < -0.39 is 4.92 Å². The molecule has 2 aromatic carbocycles. The number of halogens is 1. The van der Waals surface area contributed by atoms with E-state index in [9.17, 15) is 10.1 Å². The Hall–Kier alpha value is -2.07. The van der Waals surface area contributed by atoms with Crippen molar-refractivity contribution in [1.82, 2.24) is 0 Å². The van der Waals surface area contributed by atoms with Gasteiger partial charge in [-0.1, -0.05) is 40.9 Å². The Morgan fingerprint density at radius 2 is 1.80 bits per heavy atom. The van der Waals surface area contributed by atoms with Crippen LogP contribution in [0.15, 0.2) is 36.4 Å². The molecule has 4 nitrogen and oxygen atoms in total. The highest BCUT2D eigenvalue weighted by Crippen LogP contribution is 2.27. The lowest BCUT2D eigenvalue weighted by molar-refractivity contribution is -0.384. The summed E-state index contributed by atoms with van der Waals surface area (Å²) in [6.07, 6.45) is 0. The molecular formula is C15H15ClN2O2. The first-order chi connectivity index (χ1) is 9.45. The Morgan fingerprint density at radius 1 is 1.15 bits per heavy atom. The van der Waals surface area contributed by atoms with Crippen LogP contribution >= 0.6 is 11.6 Å². The molecule has 1 N–H and O–H groups in total. The monoisotopic (exact) mass is 290 g/mol. The van der Waals surface area contributed by atoms with E-state index in [0.29, 0.717) is 6.54 Å². The lowest BCUT2D eigenvalue weighted by atomic mass is 10.1. The van der Waals surface area contributed by atoms with Gasteiger partial charge < -0.3 is 5.32 Å². The van der Waals surface area contributed by atoms with Crippen molar-refractivity contribution in [2.75, 3.05) is 5.32 Å². The minimum Gasteiger partial charge on any atom is -0.381 e. The fourth-order valence-corrected chi connectivity index (χ4v) is 2.39. The minimum atomic E-state index is -0.490. The summed E-state index contributed by atoms with van der Waals surface area (Å²) < 4.78 is 0. The second-order valence-corrected chi connectivity index (χ2v) is 5.18. The molecule has 0 atom stereocenters. The van der Waals surface area contributed by atoms with E-state index in [2.05, 4.69) is 37.4 Å². The average molecular weight is 291 g/mol. The number of rotatable bonds is 4. The van der Waals surface area contributed by atoms with Crippen molar-refractivity contribution < 1.29 is 4.92 Å². The summed E-state index contributed by atoms with van der Waals surface area (Å²) >= 11 is 5.87. The minimum absolute atomic E-state index is 0.0800. The van der Waals surface area contributed by atoms with Gasteiger partial charge >= 0.3 is 0 Å². The Kier molecular flexibility index (Phi) is 4.25. The zero-order valence-electron chi connectivity index (χ0n) is 11.3. The van der Waals surface area contributed by atoms with Gasteiger partial charge in [0.25, 0.3) is 5.69 Å². The van der Waals surface area contributed by atoms with Crippen molar-refractivity contribution in [1.29, 1.82) is 0 Å². The Balaban J connectivity index is 2.11. The first kappa shape index (κ1) is 14.3. The van der Waals surface area contributed by atoms with E-state index in [1.54, 1.807) is 12.1 Å². The van der Waals surface area contributed by atoms with Gasteiger partial charge in [0.2, 0.25) is 0 Å². The molecule has 0 fully saturated rings. The molecule has 2 aromatic rings. The number of anilines is 1. The molecule has 0 aliphatic rings. The largest absolute Gasteiger partial charge is 0.381 e. The number of benzene rings is 2. The number of nitro groups is 1. The Morgan fingerprint density at radius 3 is 2.35 bits per heavy atom. The normalized spacial score (nSPS) is 10.3. The predicted octanol–water partition coefficient (Wildman–Crippen LogP) is 4.48. The summed E-state index contributed by atoms with van der Waals surface area (Å²) in [5.41, 5.74) is 4.27. The third-order valence-corrected chi connectivity index (χ3v) is 3.23. The van der Waals surface area contributed by atoms with Crippen molar-refractivity contribution >= 4 is 23.0 Å². The highest BCUT2D eigenvalue weighted by atomic mass is 35.5. The molecule has 0 unspecified atom stereocenters. The van der Waals surface area contributed by atoms with Crippen LogP contribution in [0.25, 0.3) is 0 Å². The van der Waals surface area contributed by atoms with Gasteiger partial charge in [-0.2, -0.15) is 0 Å². The van der Waals surface area contributed by atoms with Gasteiger partial charge in [0.15, 0.2) is 0 Å². The summed E-state index contributed by atoms with van der Waals surface area (Å²) in [6.45, 7) is 4.76. The molecule has 5 heteroatoms. The number of nitrogens with zero attached hydrogens (tertiary/aromatic N) is 1. The molecule has 0 aliphatic heterocycles. The standard InChI is InChI=1S/C15H15ClN2O2/c1-10-5-11(2)7-12(6-10)9-17-13-3-4-15(18(19)20)14(16)8-13/h3-8,17H,9H2,1-2H3. The fourth-order valence-electron chi connectivity index (χ4n) is 2.14. The molecule has 0 saturated heterocycles. The van der Waals surface area contributed by atoms with Gasteiger partial charge in [0, 0.05) is 18.3 Å². The molecule has 2 rings (SSSR count). The van der Waals surface area contributed by atoms with Crippen molar-refractivity contribution in [3.8, 4) is 0 Å². The van der Waals surface area contributed by atoms with Crippen LogP contribution < -0.4 is 5.32 Å².